The van der Waals surface area contributed by atoms with Gasteiger partial charge in [0, 0.05) is 26.2 Å². The van der Waals surface area contributed by atoms with Gasteiger partial charge in [0.2, 0.25) is 17.7 Å². The Kier molecular flexibility index (Phi) is 11.1. The van der Waals surface area contributed by atoms with Crippen molar-refractivity contribution in [2.45, 2.75) is 45.2 Å². The van der Waals surface area contributed by atoms with Gasteiger partial charge in [-0.1, -0.05) is 48.9 Å². The molecule has 0 radical (unpaired) electrons. The Hall–Kier alpha value is -3.92. The number of hydrogen-bond donors (Lipinski definition) is 2. The zero-order valence-corrected chi connectivity index (χ0v) is 23.8. The van der Waals surface area contributed by atoms with Crippen molar-refractivity contribution in [2.24, 2.45) is 0 Å². The second-order valence-electron chi connectivity index (χ2n) is 10.5. The van der Waals surface area contributed by atoms with Crippen LogP contribution in [0.15, 0.2) is 54.6 Å². The lowest BCUT2D eigenvalue weighted by atomic mass is 10.1. The van der Waals surface area contributed by atoms with Crippen LogP contribution < -0.4 is 15.4 Å². The van der Waals surface area contributed by atoms with Crippen molar-refractivity contribution in [1.29, 1.82) is 0 Å². The highest BCUT2D eigenvalue weighted by Crippen LogP contribution is 2.19. The van der Waals surface area contributed by atoms with Gasteiger partial charge in [-0.25, -0.2) is 0 Å². The van der Waals surface area contributed by atoms with E-state index >= 15 is 0 Å². The van der Waals surface area contributed by atoms with Crippen molar-refractivity contribution in [1.82, 2.24) is 25.3 Å². The molecule has 4 rings (SSSR count). The number of rotatable bonds is 7. The summed E-state index contributed by atoms with van der Waals surface area (Å²) in [5.41, 5.74) is 1.13. The molecule has 220 valence electrons. The van der Waals surface area contributed by atoms with E-state index in [0.717, 1.165) is 31.5 Å². The number of carbonyl (C=O) groups is 4. The van der Waals surface area contributed by atoms with Gasteiger partial charge >= 0.3 is 0 Å². The standard InChI is InChI=1S/C31H41N5O5/c1-2-35-19-20-41-27-14-8-7-13-25(27)30(39)33-26(31(40)32-15-18-34-16-9-4-10-17-34)21-28(37)36(23-29(35)38)22-24-11-5-3-6-12-24/h3,5-8,11-14,26H,2,4,9-10,15-23H2,1H3,(H,32,40)(H,33,39)/t26-/m0/s1. The molecule has 2 heterocycles. The van der Waals surface area contributed by atoms with Crippen molar-refractivity contribution in [3.63, 3.8) is 0 Å². The first-order valence-electron chi connectivity index (χ1n) is 14.6. The number of hydrogen-bond acceptors (Lipinski definition) is 6. The van der Waals surface area contributed by atoms with E-state index in [2.05, 4.69) is 15.5 Å². The molecule has 0 saturated carbocycles. The van der Waals surface area contributed by atoms with Gasteiger partial charge in [-0.2, -0.15) is 0 Å². The molecule has 41 heavy (non-hydrogen) atoms. The predicted molar refractivity (Wildman–Crippen MR) is 155 cm³/mol. The Balaban J connectivity index is 1.57. The molecule has 0 aromatic heterocycles. The summed E-state index contributed by atoms with van der Waals surface area (Å²) in [7, 11) is 0. The molecule has 4 amide bonds. The van der Waals surface area contributed by atoms with E-state index in [-0.39, 0.29) is 37.6 Å². The van der Waals surface area contributed by atoms with Crippen molar-refractivity contribution in [3.05, 3.63) is 65.7 Å². The lowest BCUT2D eigenvalue weighted by Gasteiger charge is -2.29. The SMILES string of the molecule is CCN1CCOc2ccccc2C(=O)N[C@H](C(=O)NCCN2CCCCC2)CC(=O)N(Cc2ccccc2)CC1=O. The zero-order chi connectivity index (χ0) is 29.0. The van der Waals surface area contributed by atoms with Crippen molar-refractivity contribution < 1.29 is 23.9 Å². The summed E-state index contributed by atoms with van der Waals surface area (Å²) >= 11 is 0. The molecule has 1 atom stereocenters. The fourth-order valence-corrected chi connectivity index (χ4v) is 5.20. The Labute approximate surface area is 242 Å². The lowest BCUT2D eigenvalue weighted by Crippen LogP contribution is -2.52. The topological polar surface area (TPSA) is 111 Å². The van der Waals surface area contributed by atoms with Gasteiger partial charge in [0.15, 0.2) is 0 Å². The van der Waals surface area contributed by atoms with E-state index in [4.69, 9.17) is 4.74 Å². The summed E-state index contributed by atoms with van der Waals surface area (Å²) in [4.78, 5) is 59.2. The number of carbonyl (C=O) groups excluding carboxylic acids is 4. The van der Waals surface area contributed by atoms with Crippen molar-refractivity contribution >= 4 is 23.6 Å². The molecule has 2 aliphatic heterocycles. The zero-order valence-electron chi connectivity index (χ0n) is 23.8. The molecule has 2 N–H and O–H groups in total. The second-order valence-corrected chi connectivity index (χ2v) is 10.5. The highest BCUT2D eigenvalue weighted by molar-refractivity contribution is 6.01. The molecule has 0 unspecified atom stereocenters. The molecular formula is C31H41N5O5. The van der Waals surface area contributed by atoms with Gasteiger partial charge < -0.3 is 30.1 Å². The van der Waals surface area contributed by atoms with Crippen LogP contribution in [0.1, 0.15) is 48.5 Å². The normalized spacial score (nSPS) is 19.5. The number of likely N-dealkylation sites (tertiary alicyclic amines) is 1. The molecule has 10 heteroatoms. The Morgan fingerprint density at radius 2 is 1.66 bits per heavy atom. The molecule has 0 spiro atoms. The minimum atomic E-state index is -1.12. The smallest absolute Gasteiger partial charge is 0.255 e. The number of likely N-dealkylation sites (N-methyl/N-ethyl adjacent to an activating group) is 1. The van der Waals surface area contributed by atoms with Crippen molar-refractivity contribution in [2.75, 3.05) is 52.4 Å². The van der Waals surface area contributed by atoms with E-state index in [1.807, 2.05) is 37.3 Å². The Morgan fingerprint density at radius 3 is 2.41 bits per heavy atom. The first-order chi connectivity index (χ1) is 19.9. The number of fused-ring (bicyclic) bond motifs is 1. The second kappa shape index (κ2) is 15.2. The monoisotopic (exact) mass is 563 g/mol. The minimum absolute atomic E-state index is 0.143. The first kappa shape index (κ1) is 30.0. The molecule has 2 aliphatic rings. The summed E-state index contributed by atoms with van der Waals surface area (Å²) in [5.74, 6) is -1.18. The van der Waals surface area contributed by atoms with Gasteiger partial charge in [-0.3, -0.25) is 19.2 Å². The van der Waals surface area contributed by atoms with Crippen LogP contribution in [0, 0.1) is 0 Å². The third-order valence-electron chi connectivity index (χ3n) is 7.56. The van der Waals surface area contributed by atoms with Gasteiger partial charge in [-0.15, -0.1) is 0 Å². The number of benzene rings is 2. The predicted octanol–water partition coefficient (Wildman–Crippen LogP) is 2.05. The maximum absolute atomic E-state index is 13.7. The van der Waals surface area contributed by atoms with E-state index in [1.54, 1.807) is 29.2 Å². The van der Waals surface area contributed by atoms with Gasteiger partial charge in [0.05, 0.1) is 18.5 Å². The highest BCUT2D eigenvalue weighted by atomic mass is 16.5. The highest BCUT2D eigenvalue weighted by Gasteiger charge is 2.30. The van der Waals surface area contributed by atoms with Crippen LogP contribution in [0.2, 0.25) is 0 Å². The van der Waals surface area contributed by atoms with Gasteiger partial charge in [0.25, 0.3) is 5.91 Å². The Morgan fingerprint density at radius 1 is 0.927 bits per heavy atom. The molecule has 2 aromatic carbocycles. The number of ether oxygens (including phenoxy) is 1. The maximum atomic E-state index is 13.7. The third kappa shape index (κ3) is 8.78. The Bertz CT molecular complexity index is 1180. The summed E-state index contributed by atoms with van der Waals surface area (Å²) in [6, 6.07) is 15.1. The molecule has 2 aromatic rings. The molecule has 1 saturated heterocycles. The average molecular weight is 564 g/mol. The summed E-state index contributed by atoms with van der Waals surface area (Å²) in [6.45, 7) is 5.99. The molecule has 0 bridgehead atoms. The largest absolute Gasteiger partial charge is 0.491 e. The minimum Gasteiger partial charge on any atom is -0.491 e. The number of para-hydroxylation sites is 1. The average Bonchev–Trinajstić information content (AvgIpc) is 2.99. The number of nitrogens with one attached hydrogen (secondary N) is 2. The first-order valence-corrected chi connectivity index (χ1v) is 14.6. The summed E-state index contributed by atoms with van der Waals surface area (Å²) in [6.07, 6.45) is 3.24. The van der Waals surface area contributed by atoms with E-state index < -0.39 is 23.8 Å². The van der Waals surface area contributed by atoms with Crippen LogP contribution in [0.4, 0.5) is 0 Å². The van der Waals surface area contributed by atoms with Crippen LogP contribution in [0.5, 0.6) is 5.75 Å². The maximum Gasteiger partial charge on any atom is 0.255 e. The number of piperidine rings is 1. The third-order valence-corrected chi connectivity index (χ3v) is 7.56. The van der Waals surface area contributed by atoms with Crippen molar-refractivity contribution in [3.8, 4) is 5.75 Å². The van der Waals surface area contributed by atoms with E-state index in [1.165, 1.54) is 11.3 Å². The molecular weight excluding hydrogens is 522 g/mol. The lowest BCUT2D eigenvalue weighted by molar-refractivity contribution is -0.142. The van der Waals surface area contributed by atoms with Gasteiger partial charge in [-0.05, 0) is 50.6 Å². The summed E-state index contributed by atoms with van der Waals surface area (Å²) in [5, 5.41) is 5.69. The molecule has 1 fully saturated rings. The fourth-order valence-electron chi connectivity index (χ4n) is 5.20. The van der Waals surface area contributed by atoms with Crippen LogP contribution in [0.3, 0.4) is 0 Å². The van der Waals surface area contributed by atoms with Crippen LogP contribution in [-0.4, -0.2) is 96.8 Å². The quantitative estimate of drug-likeness (QED) is 0.534. The number of amides is 4. The number of nitrogens with zero attached hydrogens (tertiary/aromatic N) is 3. The van der Waals surface area contributed by atoms with Crippen LogP contribution >= 0.6 is 0 Å². The fraction of sp³-hybridized carbons (Fsp3) is 0.484. The van der Waals surface area contributed by atoms with Crippen LogP contribution in [0.25, 0.3) is 0 Å². The molecule has 0 aliphatic carbocycles. The van der Waals surface area contributed by atoms with Crippen LogP contribution in [-0.2, 0) is 20.9 Å². The molecule has 10 nitrogen and oxygen atoms in total. The van der Waals surface area contributed by atoms with E-state index in [9.17, 15) is 19.2 Å². The van der Waals surface area contributed by atoms with E-state index in [0.29, 0.717) is 31.9 Å². The summed E-state index contributed by atoms with van der Waals surface area (Å²) < 4.78 is 5.91. The van der Waals surface area contributed by atoms with Gasteiger partial charge in [0.1, 0.15) is 24.9 Å².